The van der Waals surface area contributed by atoms with E-state index in [4.69, 9.17) is 4.74 Å². The van der Waals surface area contributed by atoms with E-state index in [1.165, 1.54) is 0 Å². The molecule has 1 aliphatic rings. The van der Waals surface area contributed by atoms with Crippen molar-refractivity contribution in [2.75, 3.05) is 26.2 Å². The predicted molar refractivity (Wildman–Crippen MR) is 80.7 cm³/mol. The van der Waals surface area contributed by atoms with Gasteiger partial charge < -0.3 is 14.7 Å². The molecule has 1 aliphatic heterocycles. The van der Waals surface area contributed by atoms with Gasteiger partial charge in [-0.25, -0.2) is 0 Å². The molecule has 0 spiro atoms. The maximum absolute atomic E-state index is 9.45. The van der Waals surface area contributed by atoms with E-state index in [9.17, 15) is 5.11 Å². The van der Waals surface area contributed by atoms with Crippen LogP contribution in [0.5, 0.6) is 5.75 Å². The van der Waals surface area contributed by atoms with Gasteiger partial charge in [-0.2, -0.15) is 0 Å². The first-order valence-electron chi connectivity index (χ1n) is 6.95. The number of rotatable bonds is 5. The molecule has 0 aromatic heterocycles. The molecule has 0 radical (unpaired) electrons. The quantitative estimate of drug-likeness (QED) is 0.844. The summed E-state index contributed by atoms with van der Waals surface area (Å²) in [6.45, 7) is 5.88. The first-order chi connectivity index (χ1) is 9.16. The summed E-state index contributed by atoms with van der Waals surface area (Å²) in [5.41, 5.74) is 1.16. The summed E-state index contributed by atoms with van der Waals surface area (Å²) in [5, 5.41) is 9.45. The summed E-state index contributed by atoms with van der Waals surface area (Å²) in [7, 11) is 0. The summed E-state index contributed by atoms with van der Waals surface area (Å²) in [4.78, 5) is 2.41. The molecular weight excluding hydrogens is 306 g/mol. The van der Waals surface area contributed by atoms with E-state index >= 15 is 0 Å². The fourth-order valence-corrected chi connectivity index (χ4v) is 2.71. The summed E-state index contributed by atoms with van der Waals surface area (Å²) in [6, 6.07) is 6.04. The summed E-state index contributed by atoms with van der Waals surface area (Å²) in [5.74, 6) is 0.962. The number of likely N-dealkylation sites (tertiary alicyclic amines) is 1. The maximum atomic E-state index is 9.45. The van der Waals surface area contributed by atoms with Crippen LogP contribution >= 0.6 is 15.9 Å². The van der Waals surface area contributed by atoms with Gasteiger partial charge in [-0.1, -0.05) is 22.0 Å². The molecule has 19 heavy (non-hydrogen) atoms. The highest BCUT2D eigenvalue weighted by Gasteiger charge is 2.16. The predicted octanol–water partition coefficient (Wildman–Crippen LogP) is 2.98. The second kappa shape index (κ2) is 7.27. The van der Waals surface area contributed by atoms with Crippen molar-refractivity contribution in [3.8, 4) is 5.75 Å². The number of aliphatic hydroxyl groups is 1. The molecule has 0 saturated carbocycles. The van der Waals surface area contributed by atoms with E-state index in [2.05, 4.69) is 27.8 Å². The van der Waals surface area contributed by atoms with Gasteiger partial charge >= 0.3 is 0 Å². The Kier molecular flexibility index (Phi) is 5.67. The van der Waals surface area contributed by atoms with Crippen molar-refractivity contribution in [1.82, 2.24) is 4.90 Å². The van der Waals surface area contributed by atoms with Gasteiger partial charge in [-0.3, -0.25) is 0 Å². The molecule has 0 bridgehead atoms. The molecule has 0 aliphatic carbocycles. The normalized spacial score (nSPS) is 17.6. The van der Waals surface area contributed by atoms with Crippen molar-refractivity contribution >= 4 is 15.9 Å². The zero-order valence-electron chi connectivity index (χ0n) is 11.4. The van der Waals surface area contributed by atoms with Crippen LogP contribution in [0.1, 0.15) is 24.8 Å². The topological polar surface area (TPSA) is 32.7 Å². The molecule has 1 heterocycles. The average Bonchev–Trinajstić information content (AvgIpc) is 2.41. The average molecular weight is 328 g/mol. The number of nitrogens with zero attached hydrogens (tertiary/aromatic N) is 1. The molecule has 106 valence electrons. The van der Waals surface area contributed by atoms with Crippen LogP contribution in [0.15, 0.2) is 22.7 Å². The van der Waals surface area contributed by atoms with E-state index in [0.717, 1.165) is 61.3 Å². The Morgan fingerprint density at radius 2 is 2.11 bits per heavy atom. The zero-order valence-corrected chi connectivity index (χ0v) is 13.0. The molecule has 1 saturated heterocycles. The monoisotopic (exact) mass is 327 g/mol. The third-order valence-corrected chi connectivity index (χ3v) is 4.51. The lowest BCUT2D eigenvalue weighted by Gasteiger charge is -2.29. The van der Waals surface area contributed by atoms with Gasteiger partial charge in [0, 0.05) is 29.7 Å². The van der Waals surface area contributed by atoms with Gasteiger partial charge in [0.15, 0.2) is 0 Å². The van der Waals surface area contributed by atoms with Gasteiger partial charge in [0.1, 0.15) is 5.75 Å². The highest BCUT2D eigenvalue weighted by molar-refractivity contribution is 9.10. The van der Waals surface area contributed by atoms with Crippen molar-refractivity contribution in [1.29, 1.82) is 0 Å². The van der Waals surface area contributed by atoms with E-state index in [0.29, 0.717) is 0 Å². The minimum atomic E-state index is -0.0863. The molecule has 1 aromatic carbocycles. The lowest BCUT2D eigenvalue weighted by molar-refractivity contribution is 0.0800. The minimum Gasteiger partial charge on any atom is -0.493 e. The first kappa shape index (κ1) is 14.8. The zero-order chi connectivity index (χ0) is 13.7. The van der Waals surface area contributed by atoms with Gasteiger partial charge in [0.25, 0.3) is 0 Å². The number of hydrogen-bond acceptors (Lipinski definition) is 3. The molecule has 3 nitrogen and oxygen atoms in total. The Bertz CT molecular complexity index is 403. The van der Waals surface area contributed by atoms with Crippen LogP contribution in [0.3, 0.4) is 0 Å². The number of aliphatic hydroxyl groups excluding tert-OH is 1. The van der Waals surface area contributed by atoms with E-state index in [1.807, 2.05) is 18.2 Å². The molecule has 1 N–H and O–H groups in total. The van der Waals surface area contributed by atoms with Crippen LogP contribution in [0, 0.1) is 6.92 Å². The van der Waals surface area contributed by atoms with E-state index < -0.39 is 0 Å². The molecule has 0 amide bonds. The Balaban J connectivity index is 1.68. The molecule has 1 aromatic rings. The van der Waals surface area contributed by atoms with Crippen molar-refractivity contribution in [3.05, 3.63) is 28.2 Å². The van der Waals surface area contributed by atoms with E-state index in [1.54, 1.807) is 0 Å². The fourth-order valence-electron chi connectivity index (χ4n) is 2.36. The van der Waals surface area contributed by atoms with Crippen molar-refractivity contribution < 1.29 is 9.84 Å². The Hall–Kier alpha value is -0.580. The standard InChI is InChI=1S/C15H22BrNO2/c1-12-14(16)4-2-5-15(12)19-11-3-8-17-9-6-13(18)7-10-17/h2,4-5,13,18H,3,6-11H2,1H3. The number of halogens is 1. The van der Waals surface area contributed by atoms with Crippen molar-refractivity contribution in [2.24, 2.45) is 0 Å². The number of piperidine rings is 1. The fraction of sp³-hybridized carbons (Fsp3) is 0.600. The van der Waals surface area contributed by atoms with Crippen molar-refractivity contribution in [3.63, 3.8) is 0 Å². The molecule has 4 heteroatoms. The third-order valence-electron chi connectivity index (χ3n) is 3.65. The SMILES string of the molecule is Cc1c(Br)cccc1OCCCN1CCC(O)CC1. The number of benzene rings is 1. The smallest absolute Gasteiger partial charge is 0.123 e. The second-order valence-corrected chi connectivity index (χ2v) is 5.99. The van der Waals surface area contributed by atoms with Gasteiger partial charge in [-0.15, -0.1) is 0 Å². The van der Waals surface area contributed by atoms with Crippen LogP contribution in [0.4, 0.5) is 0 Å². The Morgan fingerprint density at radius 1 is 1.37 bits per heavy atom. The Morgan fingerprint density at radius 3 is 2.84 bits per heavy atom. The lowest BCUT2D eigenvalue weighted by Crippen LogP contribution is -2.36. The first-order valence-corrected chi connectivity index (χ1v) is 7.74. The highest BCUT2D eigenvalue weighted by atomic mass is 79.9. The molecule has 0 atom stereocenters. The van der Waals surface area contributed by atoms with E-state index in [-0.39, 0.29) is 6.10 Å². The Labute approximate surface area is 123 Å². The van der Waals surface area contributed by atoms with Crippen molar-refractivity contribution in [2.45, 2.75) is 32.3 Å². The lowest BCUT2D eigenvalue weighted by atomic mass is 10.1. The second-order valence-electron chi connectivity index (χ2n) is 5.14. The summed E-state index contributed by atoms with van der Waals surface area (Å²) >= 11 is 3.51. The van der Waals surface area contributed by atoms with Gasteiger partial charge in [0.2, 0.25) is 0 Å². The largest absolute Gasteiger partial charge is 0.493 e. The minimum absolute atomic E-state index is 0.0863. The number of hydrogen-bond donors (Lipinski definition) is 1. The molecule has 1 fully saturated rings. The van der Waals surface area contributed by atoms with Crippen LogP contribution in [-0.4, -0.2) is 42.4 Å². The number of ether oxygens (including phenoxy) is 1. The van der Waals surface area contributed by atoms with Crippen LogP contribution in [-0.2, 0) is 0 Å². The van der Waals surface area contributed by atoms with Crippen LogP contribution < -0.4 is 4.74 Å². The van der Waals surface area contributed by atoms with Crippen LogP contribution in [0.25, 0.3) is 0 Å². The summed E-state index contributed by atoms with van der Waals surface area (Å²) < 4.78 is 6.92. The highest BCUT2D eigenvalue weighted by Crippen LogP contribution is 2.25. The third kappa shape index (κ3) is 4.48. The molecule has 2 rings (SSSR count). The maximum Gasteiger partial charge on any atom is 0.123 e. The van der Waals surface area contributed by atoms with Gasteiger partial charge in [-0.05, 0) is 38.3 Å². The van der Waals surface area contributed by atoms with Crippen LogP contribution in [0.2, 0.25) is 0 Å². The molecule has 0 unspecified atom stereocenters. The van der Waals surface area contributed by atoms with Gasteiger partial charge in [0.05, 0.1) is 12.7 Å². The molecular formula is C15H22BrNO2. The summed E-state index contributed by atoms with van der Waals surface area (Å²) in [6.07, 6.45) is 2.76.